The molecular weight excluding hydrogens is 476 g/mol. The fourth-order valence-corrected chi connectivity index (χ4v) is 3.40. The van der Waals surface area contributed by atoms with Crippen LogP contribution < -0.4 is 0 Å². The van der Waals surface area contributed by atoms with Gasteiger partial charge in [0.05, 0.1) is 11.3 Å². The number of benzene rings is 2. The Morgan fingerprint density at radius 3 is 1.94 bits per heavy atom. The molecule has 1 N–H and O–H groups in total. The Labute approximate surface area is 193 Å². The molecule has 0 saturated heterocycles. The van der Waals surface area contributed by atoms with Crippen molar-refractivity contribution in [1.29, 1.82) is 0 Å². The van der Waals surface area contributed by atoms with Crippen molar-refractivity contribution in [1.82, 2.24) is 15.0 Å². The Morgan fingerprint density at radius 1 is 0.714 bits per heavy atom. The lowest BCUT2D eigenvalue weighted by molar-refractivity contribution is -0.141. The molecule has 0 amide bonds. The van der Waals surface area contributed by atoms with E-state index in [0.29, 0.717) is 17.7 Å². The molecule has 35 heavy (non-hydrogen) atoms. The second-order valence-electron chi connectivity index (χ2n) is 7.29. The second-order valence-corrected chi connectivity index (χ2v) is 7.29. The van der Waals surface area contributed by atoms with E-state index in [4.69, 9.17) is 0 Å². The molecule has 0 unspecified atom stereocenters. The van der Waals surface area contributed by atoms with Gasteiger partial charge >= 0.3 is 18.3 Å². The molecule has 2 heterocycles. The van der Waals surface area contributed by atoms with Crippen molar-refractivity contribution in [2.75, 3.05) is 0 Å². The van der Waals surface area contributed by atoms with Crippen LogP contribution in [0.5, 0.6) is 0 Å². The van der Waals surface area contributed by atoms with Gasteiger partial charge in [-0.15, -0.1) is 0 Å². The summed E-state index contributed by atoms with van der Waals surface area (Å²) in [5, 5.41) is 9.90. The molecule has 0 aliphatic rings. The summed E-state index contributed by atoms with van der Waals surface area (Å²) in [6, 6.07) is 14.7. The van der Waals surface area contributed by atoms with Gasteiger partial charge in [0.1, 0.15) is 11.4 Å². The Bertz CT molecular complexity index is 1390. The smallest absolute Gasteiger partial charge is 0.433 e. The highest BCUT2D eigenvalue weighted by molar-refractivity contribution is 6.02. The van der Waals surface area contributed by atoms with Gasteiger partial charge in [0.2, 0.25) is 0 Å². The van der Waals surface area contributed by atoms with Gasteiger partial charge < -0.3 is 5.11 Å². The van der Waals surface area contributed by atoms with Crippen LogP contribution in [0.2, 0.25) is 0 Å². The molecule has 11 heteroatoms. The quantitative estimate of drug-likeness (QED) is 0.327. The molecule has 4 aromatic rings. The largest absolute Gasteiger partial charge is 0.478 e. The lowest BCUT2D eigenvalue weighted by Gasteiger charge is -2.14. The van der Waals surface area contributed by atoms with Crippen LogP contribution in [0.1, 0.15) is 21.7 Å². The fraction of sp³-hybridized carbons (Fsp3) is 0.0833. The number of aromatic nitrogens is 3. The second kappa shape index (κ2) is 8.82. The summed E-state index contributed by atoms with van der Waals surface area (Å²) < 4.78 is 79.4. The van der Waals surface area contributed by atoms with Gasteiger partial charge in [-0.1, -0.05) is 48.5 Å². The third kappa shape index (κ3) is 4.98. The summed E-state index contributed by atoms with van der Waals surface area (Å²) in [5.41, 5.74) is -2.90. The maximum atomic E-state index is 13.6. The lowest BCUT2D eigenvalue weighted by Crippen LogP contribution is -2.12. The Morgan fingerprint density at radius 2 is 1.37 bits per heavy atom. The van der Waals surface area contributed by atoms with Crippen LogP contribution in [0.25, 0.3) is 33.8 Å². The average Bonchev–Trinajstić information content (AvgIpc) is 2.82. The lowest BCUT2D eigenvalue weighted by atomic mass is 9.95. The minimum Gasteiger partial charge on any atom is -0.478 e. The number of halogens is 6. The standard InChI is InChI=1S/C24H13F6N3O2/c25-23(26,27)18-10-9-14(12-31-18)17-11-19(24(28,29)30)33-21(32-17)16-8-4-7-15(20(16)22(34)35)13-5-2-1-3-6-13/h1-12H,(H,34,35). The zero-order chi connectivity index (χ0) is 25.4. The normalized spacial score (nSPS) is 11.9. The highest BCUT2D eigenvalue weighted by atomic mass is 19.4. The van der Waals surface area contributed by atoms with Crippen molar-refractivity contribution < 1.29 is 36.2 Å². The molecule has 0 radical (unpaired) electrons. The molecule has 0 aliphatic carbocycles. The van der Waals surface area contributed by atoms with E-state index in [1.165, 1.54) is 18.2 Å². The highest BCUT2D eigenvalue weighted by Gasteiger charge is 2.35. The van der Waals surface area contributed by atoms with Crippen LogP contribution in [0, 0.1) is 0 Å². The molecule has 178 valence electrons. The van der Waals surface area contributed by atoms with Crippen molar-refractivity contribution in [3.05, 3.63) is 89.9 Å². The number of alkyl halides is 6. The summed E-state index contributed by atoms with van der Waals surface area (Å²) in [6.45, 7) is 0. The summed E-state index contributed by atoms with van der Waals surface area (Å²) in [5.74, 6) is -1.97. The Balaban J connectivity index is 1.94. The monoisotopic (exact) mass is 489 g/mol. The molecule has 5 nitrogen and oxygen atoms in total. The van der Waals surface area contributed by atoms with E-state index in [9.17, 15) is 36.2 Å². The van der Waals surface area contributed by atoms with E-state index >= 15 is 0 Å². The van der Waals surface area contributed by atoms with Crippen molar-refractivity contribution in [3.8, 4) is 33.8 Å². The highest BCUT2D eigenvalue weighted by Crippen LogP contribution is 2.36. The predicted molar refractivity (Wildman–Crippen MR) is 113 cm³/mol. The van der Waals surface area contributed by atoms with Crippen LogP contribution in [-0.2, 0) is 12.4 Å². The first kappa shape index (κ1) is 23.9. The summed E-state index contributed by atoms with van der Waals surface area (Å²) in [6.07, 6.45) is -8.93. The Hall–Kier alpha value is -4.28. The van der Waals surface area contributed by atoms with E-state index < -0.39 is 35.5 Å². The summed E-state index contributed by atoms with van der Waals surface area (Å²) in [4.78, 5) is 23.0. The first-order chi connectivity index (χ1) is 16.4. The zero-order valence-electron chi connectivity index (χ0n) is 17.4. The molecule has 0 bridgehead atoms. The van der Waals surface area contributed by atoms with Crippen LogP contribution in [0.15, 0.2) is 72.9 Å². The molecule has 0 spiro atoms. The SMILES string of the molecule is O=C(O)c1c(-c2ccccc2)cccc1-c1nc(-c2ccc(C(F)(F)F)nc2)cc(C(F)(F)F)n1. The third-order valence-electron chi connectivity index (χ3n) is 4.97. The van der Waals surface area contributed by atoms with Crippen LogP contribution in [0.4, 0.5) is 26.3 Å². The third-order valence-corrected chi connectivity index (χ3v) is 4.97. The zero-order valence-corrected chi connectivity index (χ0v) is 17.4. The molecule has 4 rings (SSSR count). The number of hydrogen-bond acceptors (Lipinski definition) is 4. The van der Waals surface area contributed by atoms with E-state index in [-0.39, 0.29) is 27.9 Å². The molecule has 0 fully saturated rings. The maximum absolute atomic E-state index is 13.6. The predicted octanol–water partition coefficient (Wildman–Crippen LogP) is 6.61. The number of hydrogen-bond donors (Lipinski definition) is 1. The molecule has 0 saturated carbocycles. The van der Waals surface area contributed by atoms with Crippen LogP contribution in [0.3, 0.4) is 0 Å². The topological polar surface area (TPSA) is 76.0 Å². The molecule has 0 aliphatic heterocycles. The van der Waals surface area contributed by atoms with Gasteiger partial charge in [-0.2, -0.15) is 26.3 Å². The van der Waals surface area contributed by atoms with Gasteiger partial charge in [-0.05, 0) is 29.3 Å². The molecule has 2 aromatic heterocycles. The van der Waals surface area contributed by atoms with Crippen molar-refractivity contribution in [2.45, 2.75) is 12.4 Å². The van der Waals surface area contributed by atoms with Gasteiger partial charge in [-0.25, -0.2) is 14.8 Å². The number of aromatic carboxylic acids is 1. The number of nitrogens with zero attached hydrogens (tertiary/aromatic N) is 3. The van der Waals surface area contributed by atoms with Crippen molar-refractivity contribution >= 4 is 5.97 Å². The van der Waals surface area contributed by atoms with E-state index in [0.717, 1.165) is 12.3 Å². The van der Waals surface area contributed by atoms with Gasteiger partial charge in [0.15, 0.2) is 5.82 Å². The van der Waals surface area contributed by atoms with Gasteiger partial charge in [0, 0.05) is 17.3 Å². The molecule has 0 atom stereocenters. The van der Waals surface area contributed by atoms with Gasteiger partial charge in [0.25, 0.3) is 0 Å². The minimum absolute atomic E-state index is 0.136. The number of carboxylic acid groups (broad SMARTS) is 1. The fourth-order valence-electron chi connectivity index (χ4n) is 3.40. The van der Waals surface area contributed by atoms with Crippen molar-refractivity contribution in [2.24, 2.45) is 0 Å². The maximum Gasteiger partial charge on any atom is 0.433 e. The number of rotatable bonds is 4. The minimum atomic E-state index is -4.94. The van der Waals surface area contributed by atoms with E-state index in [1.807, 2.05) is 0 Å². The Kier molecular flexibility index (Phi) is 6.01. The first-order valence-corrected chi connectivity index (χ1v) is 9.87. The van der Waals surface area contributed by atoms with E-state index in [2.05, 4.69) is 15.0 Å². The number of carbonyl (C=O) groups is 1. The van der Waals surface area contributed by atoms with Crippen LogP contribution in [-0.4, -0.2) is 26.0 Å². The molecule has 2 aromatic carbocycles. The van der Waals surface area contributed by atoms with Crippen LogP contribution >= 0.6 is 0 Å². The van der Waals surface area contributed by atoms with Gasteiger partial charge in [-0.3, -0.25) is 4.98 Å². The van der Waals surface area contributed by atoms with Crippen molar-refractivity contribution in [3.63, 3.8) is 0 Å². The summed E-state index contributed by atoms with van der Waals surface area (Å²) >= 11 is 0. The average molecular weight is 489 g/mol. The van der Waals surface area contributed by atoms with E-state index in [1.54, 1.807) is 30.3 Å². The first-order valence-electron chi connectivity index (χ1n) is 9.87. The number of carboxylic acids is 1. The molecular formula is C24H13F6N3O2. The number of pyridine rings is 1. The summed E-state index contributed by atoms with van der Waals surface area (Å²) in [7, 11) is 0.